The Morgan fingerprint density at radius 1 is 1.31 bits per heavy atom. The predicted molar refractivity (Wildman–Crippen MR) is 62.0 cm³/mol. The number of amides is 1. The summed E-state index contributed by atoms with van der Waals surface area (Å²) in [6.07, 6.45) is 6.17. The molecule has 2 rings (SSSR count). The van der Waals surface area contributed by atoms with Gasteiger partial charge in [-0.1, -0.05) is 6.42 Å². The summed E-state index contributed by atoms with van der Waals surface area (Å²) in [7, 11) is 0. The van der Waals surface area contributed by atoms with E-state index >= 15 is 0 Å². The minimum absolute atomic E-state index is 0.161. The van der Waals surface area contributed by atoms with Crippen LogP contribution in [0, 0.1) is 5.92 Å². The minimum atomic E-state index is 0.161. The summed E-state index contributed by atoms with van der Waals surface area (Å²) in [6.45, 7) is 1.09. The van der Waals surface area contributed by atoms with Gasteiger partial charge in [-0.25, -0.2) is 0 Å². The Hall–Kier alpha value is -0.610. The summed E-state index contributed by atoms with van der Waals surface area (Å²) >= 11 is 0. The van der Waals surface area contributed by atoms with E-state index in [0.717, 1.165) is 32.2 Å². The highest BCUT2D eigenvalue weighted by molar-refractivity contribution is 5.76. The predicted octanol–water partition coefficient (Wildman–Crippen LogP) is 0.406. The molecule has 1 amide bonds. The number of nitrogens with one attached hydrogen (secondary N) is 2. The first kappa shape index (κ1) is 11.9. The number of carbonyl (C=O) groups excluding carboxylic acids is 1. The van der Waals surface area contributed by atoms with E-state index in [1.165, 1.54) is 6.42 Å². The lowest BCUT2D eigenvalue weighted by Crippen LogP contribution is -2.42. The summed E-state index contributed by atoms with van der Waals surface area (Å²) in [5.41, 5.74) is 0. The summed E-state index contributed by atoms with van der Waals surface area (Å²) in [5, 5.41) is 15.7. The topological polar surface area (TPSA) is 61.4 Å². The third-order valence-electron chi connectivity index (χ3n) is 3.83. The van der Waals surface area contributed by atoms with Gasteiger partial charge in [0.15, 0.2) is 0 Å². The molecule has 3 atom stereocenters. The average molecular weight is 226 g/mol. The Bertz CT molecular complexity index is 245. The summed E-state index contributed by atoms with van der Waals surface area (Å²) in [4.78, 5) is 11.4. The van der Waals surface area contributed by atoms with Gasteiger partial charge in [0.05, 0.1) is 0 Å². The number of rotatable bonds is 3. The van der Waals surface area contributed by atoms with E-state index in [0.29, 0.717) is 24.4 Å². The minimum Gasteiger partial charge on any atom is -0.396 e. The van der Waals surface area contributed by atoms with Gasteiger partial charge in [0.1, 0.15) is 0 Å². The monoisotopic (exact) mass is 226 g/mol. The van der Waals surface area contributed by atoms with E-state index in [4.69, 9.17) is 0 Å². The van der Waals surface area contributed by atoms with Crippen molar-refractivity contribution in [2.45, 2.75) is 50.6 Å². The van der Waals surface area contributed by atoms with Gasteiger partial charge in [-0.05, 0) is 31.6 Å². The van der Waals surface area contributed by atoms with Crippen molar-refractivity contribution in [3.05, 3.63) is 0 Å². The maximum atomic E-state index is 11.4. The zero-order valence-corrected chi connectivity index (χ0v) is 9.74. The molecule has 0 aromatic rings. The second kappa shape index (κ2) is 5.64. The molecule has 0 bridgehead atoms. The van der Waals surface area contributed by atoms with E-state index in [1.807, 2.05) is 0 Å². The summed E-state index contributed by atoms with van der Waals surface area (Å²) in [6, 6.07) is 0.723. The van der Waals surface area contributed by atoms with Crippen molar-refractivity contribution in [1.29, 1.82) is 0 Å². The van der Waals surface area contributed by atoms with Gasteiger partial charge in [0.25, 0.3) is 0 Å². The fourth-order valence-corrected chi connectivity index (χ4v) is 2.89. The zero-order chi connectivity index (χ0) is 11.4. The lowest BCUT2D eigenvalue weighted by molar-refractivity contribution is -0.121. The quantitative estimate of drug-likeness (QED) is 0.653. The lowest BCUT2D eigenvalue weighted by Gasteiger charge is -2.24. The number of aliphatic hydroxyl groups excluding tert-OH is 1. The number of carbonyl (C=O) groups is 1. The molecule has 2 fully saturated rings. The van der Waals surface area contributed by atoms with Crippen LogP contribution in [0.3, 0.4) is 0 Å². The smallest absolute Gasteiger partial charge is 0.221 e. The van der Waals surface area contributed by atoms with Crippen LogP contribution >= 0.6 is 0 Å². The van der Waals surface area contributed by atoms with E-state index < -0.39 is 0 Å². The summed E-state index contributed by atoms with van der Waals surface area (Å²) < 4.78 is 0. The molecule has 0 radical (unpaired) electrons. The van der Waals surface area contributed by atoms with Crippen LogP contribution in [0.1, 0.15) is 38.5 Å². The molecular weight excluding hydrogens is 204 g/mol. The summed E-state index contributed by atoms with van der Waals surface area (Å²) in [5.74, 6) is 0.555. The van der Waals surface area contributed by atoms with Crippen molar-refractivity contribution >= 4 is 5.91 Å². The highest BCUT2D eigenvalue weighted by Gasteiger charge is 2.29. The number of hydrogen-bond acceptors (Lipinski definition) is 3. The second-order valence-corrected chi connectivity index (χ2v) is 5.04. The molecule has 4 nitrogen and oxygen atoms in total. The van der Waals surface area contributed by atoms with Crippen LogP contribution in [0.2, 0.25) is 0 Å². The molecule has 2 aliphatic rings. The standard InChI is InChI=1S/C12H22N2O2/c15-8-9-3-1-5-11(9)14-10-4-2-6-13-12(16)7-10/h9-11,14-15H,1-8H2,(H,13,16). The molecular formula is C12H22N2O2. The molecule has 4 heteroatoms. The molecule has 3 N–H and O–H groups in total. The van der Waals surface area contributed by atoms with Crippen LogP contribution in [-0.4, -0.2) is 36.2 Å². The zero-order valence-electron chi connectivity index (χ0n) is 9.74. The van der Waals surface area contributed by atoms with Crippen molar-refractivity contribution < 1.29 is 9.90 Å². The van der Waals surface area contributed by atoms with Crippen molar-refractivity contribution in [2.24, 2.45) is 5.92 Å². The van der Waals surface area contributed by atoms with Gasteiger partial charge in [-0.2, -0.15) is 0 Å². The molecule has 1 aliphatic carbocycles. The second-order valence-electron chi connectivity index (χ2n) is 5.04. The highest BCUT2D eigenvalue weighted by Crippen LogP contribution is 2.26. The third kappa shape index (κ3) is 2.95. The van der Waals surface area contributed by atoms with Gasteiger partial charge in [0.2, 0.25) is 5.91 Å². The van der Waals surface area contributed by atoms with Crippen LogP contribution in [0.4, 0.5) is 0 Å². The molecule has 1 saturated carbocycles. The van der Waals surface area contributed by atoms with Crippen LogP contribution in [0.5, 0.6) is 0 Å². The van der Waals surface area contributed by atoms with Gasteiger partial charge >= 0.3 is 0 Å². The van der Waals surface area contributed by atoms with Crippen LogP contribution in [0.15, 0.2) is 0 Å². The Labute approximate surface area is 96.8 Å². The maximum Gasteiger partial charge on any atom is 0.221 e. The van der Waals surface area contributed by atoms with Crippen LogP contribution < -0.4 is 10.6 Å². The molecule has 0 aromatic carbocycles. The molecule has 1 aliphatic heterocycles. The first-order valence-corrected chi connectivity index (χ1v) is 6.43. The van der Waals surface area contributed by atoms with Gasteiger partial charge in [-0.15, -0.1) is 0 Å². The Kier molecular flexibility index (Phi) is 4.18. The van der Waals surface area contributed by atoms with E-state index in [9.17, 15) is 9.90 Å². The first-order chi connectivity index (χ1) is 7.79. The van der Waals surface area contributed by atoms with Gasteiger partial charge in [-0.3, -0.25) is 4.79 Å². The Balaban J connectivity index is 1.85. The molecule has 1 heterocycles. The molecule has 16 heavy (non-hydrogen) atoms. The van der Waals surface area contributed by atoms with Crippen molar-refractivity contribution in [2.75, 3.05) is 13.2 Å². The SMILES string of the molecule is O=C1CC(NC2CCCC2CO)CCCN1. The molecule has 0 spiro atoms. The fraction of sp³-hybridized carbons (Fsp3) is 0.917. The molecule has 0 aromatic heterocycles. The van der Waals surface area contributed by atoms with E-state index in [2.05, 4.69) is 10.6 Å². The van der Waals surface area contributed by atoms with Crippen molar-refractivity contribution in [3.8, 4) is 0 Å². The highest BCUT2D eigenvalue weighted by atomic mass is 16.3. The fourth-order valence-electron chi connectivity index (χ4n) is 2.89. The van der Waals surface area contributed by atoms with Crippen molar-refractivity contribution in [3.63, 3.8) is 0 Å². The number of hydrogen-bond donors (Lipinski definition) is 3. The average Bonchev–Trinajstić information content (AvgIpc) is 2.61. The lowest BCUT2D eigenvalue weighted by atomic mass is 10.0. The Morgan fingerprint density at radius 2 is 2.19 bits per heavy atom. The Morgan fingerprint density at radius 3 is 3.00 bits per heavy atom. The third-order valence-corrected chi connectivity index (χ3v) is 3.83. The largest absolute Gasteiger partial charge is 0.396 e. The normalized spacial score (nSPS) is 35.8. The van der Waals surface area contributed by atoms with Gasteiger partial charge in [0, 0.05) is 31.7 Å². The van der Waals surface area contributed by atoms with Crippen LogP contribution in [-0.2, 0) is 4.79 Å². The maximum absolute atomic E-state index is 11.4. The molecule has 3 unspecified atom stereocenters. The molecule has 1 saturated heterocycles. The molecule has 92 valence electrons. The van der Waals surface area contributed by atoms with E-state index in [1.54, 1.807) is 0 Å². The van der Waals surface area contributed by atoms with Gasteiger partial charge < -0.3 is 15.7 Å². The van der Waals surface area contributed by atoms with Crippen LogP contribution in [0.25, 0.3) is 0 Å². The van der Waals surface area contributed by atoms with E-state index in [-0.39, 0.29) is 12.5 Å². The number of aliphatic hydroxyl groups is 1. The van der Waals surface area contributed by atoms with Crippen molar-refractivity contribution in [1.82, 2.24) is 10.6 Å². The first-order valence-electron chi connectivity index (χ1n) is 6.43.